The quantitative estimate of drug-likeness (QED) is 0.805. The number of allylic oxidation sites excluding steroid dienone is 2. The van der Waals surface area contributed by atoms with E-state index in [0.717, 1.165) is 5.70 Å². The molecule has 0 bridgehead atoms. The maximum absolute atomic E-state index is 11.8. The molecule has 0 aliphatic carbocycles. The lowest BCUT2D eigenvalue weighted by atomic mass is 10.2. The maximum Gasteiger partial charge on any atom is 0.274 e. The summed E-state index contributed by atoms with van der Waals surface area (Å²) in [7, 11) is 1.95. The molecule has 2 heterocycles. The Morgan fingerprint density at radius 2 is 2.38 bits per heavy atom. The molecule has 1 aliphatic rings. The van der Waals surface area contributed by atoms with E-state index in [4.69, 9.17) is 0 Å². The van der Waals surface area contributed by atoms with E-state index >= 15 is 0 Å². The molecule has 0 spiro atoms. The molecule has 0 atom stereocenters. The van der Waals surface area contributed by atoms with Crippen LogP contribution in [0.1, 0.15) is 10.5 Å². The van der Waals surface area contributed by atoms with Gasteiger partial charge in [-0.05, 0) is 30.5 Å². The normalized spacial score (nSPS) is 14.6. The zero-order valence-electron chi connectivity index (χ0n) is 9.05. The first-order valence-electron chi connectivity index (χ1n) is 5.06. The number of hydrogen-bond acceptors (Lipinski definition) is 3. The van der Waals surface area contributed by atoms with Gasteiger partial charge in [-0.3, -0.25) is 9.78 Å². The molecule has 2 rings (SSSR count). The second-order valence-electron chi connectivity index (χ2n) is 3.62. The van der Waals surface area contributed by atoms with Crippen LogP contribution < -0.4 is 5.32 Å². The monoisotopic (exact) mass is 215 g/mol. The molecule has 0 aromatic carbocycles. The first kappa shape index (κ1) is 10.4. The number of hydrogen-bond donors (Lipinski definition) is 1. The van der Waals surface area contributed by atoms with Crippen LogP contribution in [0.3, 0.4) is 0 Å². The van der Waals surface area contributed by atoms with Crippen LogP contribution in [-0.2, 0) is 0 Å². The Bertz CT molecular complexity index is 437. The molecule has 16 heavy (non-hydrogen) atoms. The lowest BCUT2D eigenvalue weighted by molar-refractivity contribution is 0.0958. The van der Waals surface area contributed by atoms with Crippen LogP contribution in [-0.4, -0.2) is 29.4 Å². The van der Waals surface area contributed by atoms with Crippen molar-refractivity contribution in [3.05, 3.63) is 54.1 Å². The van der Waals surface area contributed by atoms with Crippen molar-refractivity contribution in [1.29, 1.82) is 0 Å². The number of aromatic nitrogens is 1. The second-order valence-corrected chi connectivity index (χ2v) is 3.62. The van der Waals surface area contributed by atoms with Crippen molar-refractivity contribution in [3.8, 4) is 0 Å². The van der Waals surface area contributed by atoms with Gasteiger partial charge in [-0.25, -0.2) is 0 Å². The third kappa shape index (κ3) is 2.48. The summed E-state index contributed by atoms with van der Waals surface area (Å²) in [6.45, 7) is 0.703. The third-order valence-electron chi connectivity index (χ3n) is 2.23. The number of carbonyl (C=O) groups excluding carboxylic acids is 1. The Balaban J connectivity index is 2.03. The van der Waals surface area contributed by atoms with Crippen molar-refractivity contribution in [2.24, 2.45) is 0 Å². The van der Waals surface area contributed by atoms with Crippen molar-refractivity contribution >= 4 is 5.91 Å². The lowest BCUT2D eigenvalue weighted by Gasteiger charge is -2.20. The Kier molecular flexibility index (Phi) is 3.00. The van der Waals surface area contributed by atoms with E-state index in [2.05, 4.69) is 10.3 Å². The van der Waals surface area contributed by atoms with E-state index in [-0.39, 0.29) is 5.91 Å². The summed E-state index contributed by atoms with van der Waals surface area (Å²) in [4.78, 5) is 17.7. The number of likely N-dealkylation sites (N-methyl/N-ethyl adjacent to an activating group) is 1. The maximum atomic E-state index is 11.8. The zero-order chi connectivity index (χ0) is 11.4. The van der Waals surface area contributed by atoms with Crippen LogP contribution in [0.4, 0.5) is 0 Å². The summed E-state index contributed by atoms with van der Waals surface area (Å²) < 4.78 is 0. The van der Waals surface area contributed by atoms with Gasteiger partial charge >= 0.3 is 0 Å². The topological polar surface area (TPSA) is 45.2 Å². The van der Waals surface area contributed by atoms with E-state index in [9.17, 15) is 4.79 Å². The Morgan fingerprint density at radius 3 is 3.06 bits per heavy atom. The lowest BCUT2D eigenvalue weighted by Crippen LogP contribution is -2.30. The molecule has 82 valence electrons. The molecular formula is C12H13N3O. The van der Waals surface area contributed by atoms with Gasteiger partial charge in [0.1, 0.15) is 5.69 Å². The summed E-state index contributed by atoms with van der Waals surface area (Å²) in [5.41, 5.74) is 1.31. The minimum absolute atomic E-state index is 0.171. The van der Waals surface area contributed by atoms with Gasteiger partial charge in [0.2, 0.25) is 0 Å². The molecule has 1 aromatic rings. The smallest absolute Gasteiger partial charge is 0.274 e. The fraction of sp³-hybridized carbons (Fsp3) is 0.167. The van der Waals surface area contributed by atoms with E-state index in [1.807, 2.05) is 30.3 Å². The van der Waals surface area contributed by atoms with E-state index in [1.54, 1.807) is 24.4 Å². The van der Waals surface area contributed by atoms with E-state index in [1.165, 1.54) is 0 Å². The minimum atomic E-state index is -0.171. The molecule has 0 radical (unpaired) electrons. The molecule has 1 N–H and O–H groups in total. The Morgan fingerprint density at radius 1 is 1.50 bits per heavy atom. The van der Waals surface area contributed by atoms with Crippen LogP contribution >= 0.6 is 0 Å². The van der Waals surface area contributed by atoms with Crippen LogP contribution in [0, 0.1) is 0 Å². The second kappa shape index (κ2) is 4.61. The van der Waals surface area contributed by atoms with Gasteiger partial charge in [0.15, 0.2) is 0 Å². The van der Waals surface area contributed by atoms with Gasteiger partial charge in [-0.2, -0.15) is 0 Å². The number of pyridine rings is 1. The Labute approximate surface area is 94.3 Å². The molecule has 1 amide bonds. The van der Waals surface area contributed by atoms with Gasteiger partial charge in [-0.15, -0.1) is 0 Å². The molecule has 4 nitrogen and oxygen atoms in total. The Hall–Kier alpha value is -2.10. The van der Waals surface area contributed by atoms with Gasteiger partial charge in [0.25, 0.3) is 5.91 Å². The summed E-state index contributed by atoms with van der Waals surface area (Å²) in [5, 5.41) is 2.83. The molecule has 1 aromatic heterocycles. The molecule has 0 saturated carbocycles. The molecule has 0 unspecified atom stereocenters. The highest BCUT2D eigenvalue weighted by molar-refractivity contribution is 5.93. The van der Waals surface area contributed by atoms with Gasteiger partial charge in [0, 0.05) is 18.9 Å². The number of amides is 1. The predicted molar refractivity (Wildman–Crippen MR) is 61.6 cm³/mol. The van der Waals surface area contributed by atoms with Crippen LogP contribution in [0.5, 0.6) is 0 Å². The van der Waals surface area contributed by atoms with Gasteiger partial charge < -0.3 is 10.2 Å². The summed E-state index contributed by atoms with van der Waals surface area (Å²) in [6.07, 6.45) is 7.35. The highest BCUT2D eigenvalue weighted by atomic mass is 16.1. The fourth-order valence-electron chi connectivity index (χ4n) is 1.47. The van der Waals surface area contributed by atoms with Crippen molar-refractivity contribution in [1.82, 2.24) is 15.2 Å². The standard InChI is InChI=1S/C12H13N3O/c1-15-8-4-5-10(9-15)14-12(16)11-6-2-3-7-13-11/h2-8H,9H2,1H3,(H,14,16). The summed E-state index contributed by atoms with van der Waals surface area (Å²) in [5.74, 6) is -0.171. The number of carbonyl (C=O) groups is 1. The largest absolute Gasteiger partial charge is 0.375 e. The molecule has 0 saturated heterocycles. The predicted octanol–water partition coefficient (Wildman–Crippen LogP) is 1.15. The highest BCUT2D eigenvalue weighted by Crippen LogP contribution is 2.03. The van der Waals surface area contributed by atoms with Crippen molar-refractivity contribution in [3.63, 3.8) is 0 Å². The van der Waals surface area contributed by atoms with Crippen LogP contribution in [0.15, 0.2) is 48.4 Å². The van der Waals surface area contributed by atoms with E-state index in [0.29, 0.717) is 12.2 Å². The summed E-state index contributed by atoms with van der Waals surface area (Å²) in [6, 6.07) is 5.27. The third-order valence-corrected chi connectivity index (χ3v) is 2.23. The van der Waals surface area contributed by atoms with Crippen molar-refractivity contribution in [2.75, 3.05) is 13.6 Å². The number of nitrogens with zero attached hydrogens (tertiary/aromatic N) is 2. The average Bonchev–Trinajstić information content (AvgIpc) is 2.30. The first-order chi connectivity index (χ1) is 7.75. The van der Waals surface area contributed by atoms with Crippen LogP contribution in [0.25, 0.3) is 0 Å². The van der Waals surface area contributed by atoms with Gasteiger partial charge in [-0.1, -0.05) is 6.07 Å². The van der Waals surface area contributed by atoms with Crippen molar-refractivity contribution < 1.29 is 4.79 Å². The molecule has 1 aliphatic heterocycles. The molecule has 0 fully saturated rings. The van der Waals surface area contributed by atoms with Crippen molar-refractivity contribution in [2.45, 2.75) is 0 Å². The average molecular weight is 215 g/mol. The zero-order valence-corrected chi connectivity index (χ0v) is 9.05. The number of nitrogens with one attached hydrogen (secondary N) is 1. The van der Waals surface area contributed by atoms with E-state index < -0.39 is 0 Å². The minimum Gasteiger partial charge on any atom is -0.375 e. The molecule has 4 heteroatoms. The van der Waals surface area contributed by atoms with Crippen LogP contribution in [0.2, 0.25) is 0 Å². The first-order valence-corrected chi connectivity index (χ1v) is 5.06. The molecular weight excluding hydrogens is 202 g/mol. The number of rotatable bonds is 2. The summed E-state index contributed by atoms with van der Waals surface area (Å²) >= 11 is 0. The van der Waals surface area contributed by atoms with Gasteiger partial charge in [0.05, 0.1) is 6.54 Å². The SMILES string of the molecule is CN1C=CC=C(NC(=O)c2ccccn2)C1. The highest BCUT2D eigenvalue weighted by Gasteiger charge is 2.10. The fourth-order valence-corrected chi connectivity index (χ4v) is 1.47.